The van der Waals surface area contributed by atoms with Crippen LogP contribution >= 0.6 is 0 Å². The third kappa shape index (κ3) is 3.85. The molecule has 0 spiro atoms. The van der Waals surface area contributed by atoms with Crippen molar-refractivity contribution in [2.45, 2.75) is 40.0 Å². The molecule has 4 nitrogen and oxygen atoms in total. The summed E-state index contributed by atoms with van der Waals surface area (Å²) in [7, 11) is 0. The third-order valence-electron chi connectivity index (χ3n) is 2.58. The highest BCUT2D eigenvalue weighted by Gasteiger charge is 2.50. The summed E-state index contributed by atoms with van der Waals surface area (Å²) in [5.41, 5.74) is -2.06. The van der Waals surface area contributed by atoms with Crippen LogP contribution in [0.25, 0.3) is 0 Å². The normalized spacial score (nSPS) is 13.9. The van der Waals surface area contributed by atoms with Gasteiger partial charge in [-0.1, -0.05) is 20.8 Å². The predicted octanol–water partition coefficient (Wildman–Crippen LogP) is 2.82. The molecule has 1 N–H and O–H groups in total. The number of H-pyrrole nitrogens is 1. The lowest BCUT2D eigenvalue weighted by molar-refractivity contribution is -0.231. The zero-order valence-corrected chi connectivity index (χ0v) is 11.6. The van der Waals surface area contributed by atoms with Gasteiger partial charge in [-0.25, -0.2) is 4.79 Å². The fourth-order valence-corrected chi connectivity index (χ4v) is 1.64. The van der Waals surface area contributed by atoms with E-state index in [-0.39, 0.29) is 0 Å². The van der Waals surface area contributed by atoms with Crippen molar-refractivity contribution in [3.8, 4) is 0 Å². The number of aromatic nitrogens is 1. The van der Waals surface area contributed by atoms with Crippen molar-refractivity contribution >= 4 is 5.97 Å². The highest BCUT2D eigenvalue weighted by molar-refractivity contribution is 5.89. The highest BCUT2D eigenvalue weighted by atomic mass is 19.4. The highest BCUT2D eigenvalue weighted by Crippen LogP contribution is 2.36. The van der Waals surface area contributed by atoms with Gasteiger partial charge in [0.25, 0.3) is 5.56 Å². The summed E-state index contributed by atoms with van der Waals surface area (Å²) < 4.78 is 43.2. The Labute approximate surface area is 114 Å². The zero-order valence-electron chi connectivity index (χ0n) is 11.6. The van der Waals surface area contributed by atoms with E-state index in [4.69, 9.17) is 0 Å². The van der Waals surface area contributed by atoms with E-state index in [0.717, 1.165) is 6.07 Å². The minimum Gasteiger partial charge on any atom is -0.448 e. The number of aromatic amines is 1. The minimum absolute atomic E-state index is 0.450. The van der Waals surface area contributed by atoms with E-state index in [9.17, 15) is 22.8 Å². The molecule has 0 aliphatic rings. The van der Waals surface area contributed by atoms with Crippen molar-refractivity contribution in [1.82, 2.24) is 4.98 Å². The number of carbonyl (C=O) groups is 1. The number of hydrogen-bond donors (Lipinski definition) is 1. The van der Waals surface area contributed by atoms with Crippen LogP contribution in [0.15, 0.2) is 16.9 Å². The summed E-state index contributed by atoms with van der Waals surface area (Å²) in [6.07, 6.45) is -6.99. The van der Waals surface area contributed by atoms with Crippen LogP contribution in [0.3, 0.4) is 0 Å². The average Bonchev–Trinajstić information content (AvgIpc) is 2.22. The van der Waals surface area contributed by atoms with Crippen LogP contribution in [0.5, 0.6) is 0 Å². The maximum absolute atomic E-state index is 12.9. The lowest BCUT2D eigenvalue weighted by Gasteiger charge is -2.31. The molecule has 1 rings (SSSR count). The van der Waals surface area contributed by atoms with Crippen molar-refractivity contribution in [3.05, 3.63) is 33.7 Å². The Morgan fingerprint density at radius 3 is 2.20 bits per heavy atom. The molecule has 0 amide bonds. The molecule has 0 unspecified atom stereocenters. The van der Waals surface area contributed by atoms with E-state index >= 15 is 0 Å². The van der Waals surface area contributed by atoms with Crippen LogP contribution < -0.4 is 5.56 Å². The van der Waals surface area contributed by atoms with Crippen LogP contribution in [0.2, 0.25) is 0 Å². The first-order valence-electron chi connectivity index (χ1n) is 5.90. The second-order valence-electron chi connectivity index (χ2n) is 5.58. The number of ether oxygens (including phenoxy) is 1. The summed E-state index contributed by atoms with van der Waals surface area (Å²) in [4.78, 5) is 25.6. The molecule has 1 aromatic heterocycles. The first kappa shape index (κ1) is 16.3. The van der Waals surface area contributed by atoms with Crippen LogP contribution in [-0.4, -0.2) is 23.2 Å². The Bertz CT molecular complexity index is 541. The van der Waals surface area contributed by atoms with Gasteiger partial charge in [0.15, 0.2) is 0 Å². The molecule has 0 radical (unpaired) electrons. The molecule has 7 heteroatoms. The lowest BCUT2D eigenvalue weighted by atomic mass is 9.88. The molecule has 0 aromatic carbocycles. The zero-order chi connectivity index (χ0) is 15.7. The van der Waals surface area contributed by atoms with Gasteiger partial charge in [-0.05, 0) is 19.1 Å². The average molecular weight is 291 g/mol. The van der Waals surface area contributed by atoms with Crippen LogP contribution in [0.1, 0.15) is 36.8 Å². The molecule has 1 atom stereocenters. The van der Waals surface area contributed by atoms with Crippen molar-refractivity contribution in [2.75, 3.05) is 0 Å². The summed E-state index contributed by atoms with van der Waals surface area (Å²) in [6.45, 7) is 5.50. The van der Waals surface area contributed by atoms with Gasteiger partial charge < -0.3 is 9.72 Å². The van der Waals surface area contributed by atoms with E-state index in [1.165, 1.54) is 26.8 Å². The van der Waals surface area contributed by atoms with Gasteiger partial charge in [-0.3, -0.25) is 4.79 Å². The molecule has 1 heterocycles. The molecule has 0 saturated heterocycles. The Balaban J connectivity index is 3.06. The molecular weight excluding hydrogens is 275 g/mol. The van der Waals surface area contributed by atoms with Crippen molar-refractivity contribution in [1.29, 1.82) is 0 Å². The number of alkyl halides is 3. The number of carbonyl (C=O) groups excluding carboxylic acids is 1. The Kier molecular flexibility index (Phi) is 4.31. The standard InChI is InChI=1S/C13H16F3NO3/c1-7-5-6-8(9(18)17-7)10(19)20-11(12(2,3)4)13(14,15)16/h5-6,11H,1-4H3,(H,17,18)/t11-/m1/s1. The molecule has 0 fully saturated rings. The van der Waals surface area contributed by atoms with Gasteiger partial charge >= 0.3 is 12.1 Å². The molecular formula is C13H16F3NO3. The van der Waals surface area contributed by atoms with Crippen molar-refractivity contribution < 1.29 is 22.7 Å². The topological polar surface area (TPSA) is 59.2 Å². The number of aryl methyl sites for hydroxylation is 1. The fourth-order valence-electron chi connectivity index (χ4n) is 1.64. The number of esters is 1. The molecule has 1 aromatic rings. The third-order valence-corrected chi connectivity index (χ3v) is 2.58. The summed E-state index contributed by atoms with van der Waals surface area (Å²) in [6, 6.07) is 2.56. The number of pyridine rings is 1. The second kappa shape index (κ2) is 5.30. The summed E-state index contributed by atoms with van der Waals surface area (Å²) in [5.74, 6) is -1.29. The predicted molar refractivity (Wildman–Crippen MR) is 66.5 cm³/mol. The molecule has 112 valence electrons. The quantitative estimate of drug-likeness (QED) is 0.852. The lowest BCUT2D eigenvalue weighted by Crippen LogP contribution is -2.44. The van der Waals surface area contributed by atoms with E-state index < -0.39 is 34.8 Å². The molecule has 0 bridgehead atoms. The maximum atomic E-state index is 12.9. The van der Waals surface area contributed by atoms with E-state index in [0.29, 0.717) is 5.69 Å². The van der Waals surface area contributed by atoms with E-state index in [2.05, 4.69) is 9.72 Å². The van der Waals surface area contributed by atoms with Crippen molar-refractivity contribution in [3.63, 3.8) is 0 Å². The van der Waals surface area contributed by atoms with Gasteiger partial charge in [0.05, 0.1) is 0 Å². The smallest absolute Gasteiger partial charge is 0.426 e. The number of halogens is 3. The number of nitrogens with one attached hydrogen (secondary N) is 1. The van der Waals surface area contributed by atoms with E-state index in [1.807, 2.05) is 0 Å². The van der Waals surface area contributed by atoms with Gasteiger partial charge in [-0.15, -0.1) is 0 Å². The Hall–Kier alpha value is -1.79. The monoisotopic (exact) mass is 291 g/mol. The van der Waals surface area contributed by atoms with Gasteiger partial charge in [0.2, 0.25) is 6.10 Å². The molecule has 0 saturated carbocycles. The summed E-state index contributed by atoms with van der Waals surface area (Å²) in [5, 5.41) is 0. The summed E-state index contributed by atoms with van der Waals surface area (Å²) >= 11 is 0. The van der Waals surface area contributed by atoms with Crippen LogP contribution in [-0.2, 0) is 4.74 Å². The minimum atomic E-state index is -4.70. The largest absolute Gasteiger partial charge is 0.448 e. The number of rotatable bonds is 2. The van der Waals surface area contributed by atoms with Crippen LogP contribution in [0.4, 0.5) is 13.2 Å². The van der Waals surface area contributed by atoms with Crippen molar-refractivity contribution in [2.24, 2.45) is 5.41 Å². The Morgan fingerprint density at radius 2 is 1.80 bits per heavy atom. The fraction of sp³-hybridized carbons (Fsp3) is 0.538. The second-order valence-corrected chi connectivity index (χ2v) is 5.58. The van der Waals surface area contributed by atoms with Gasteiger partial charge in [0.1, 0.15) is 5.56 Å². The molecule has 0 aliphatic carbocycles. The van der Waals surface area contributed by atoms with E-state index in [1.54, 1.807) is 6.92 Å². The first-order valence-corrected chi connectivity index (χ1v) is 5.90. The molecule has 0 aliphatic heterocycles. The SMILES string of the molecule is Cc1ccc(C(=O)O[C@H](C(C)(C)C)C(F)(F)F)c(=O)[nH]1. The van der Waals surface area contributed by atoms with Gasteiger partial charge in [-0.2, -0.15) is 13.2 Å². The Morgan fingerprint density at radius 1 is 1.25 bits per heavy atom. The number of hydrogen-bond acceptors (Lipinski definition) is 3. The first-order chi connectivity index (χ1) is 8.93. The van der Waals surface area contributed by atoms with Gasteiger partial charge in [0, 0.05) is 11.1 Å². The molecule has 20 heavy (non-hydrogen) atoms. The van der Waals surface area contributed by atoms with Crippen LogP contribution in [0, 0.1) is 12.3 Å². The maximum Gasteiger partial charge on any atom is 0.426 e.